The minimum absolute atomic E-state index is 0.195. The number of carbonyl (C=O) groups is 1. The normalized spacial score (nSPS) is 13.9. The fraction of sp³-hybridized carbons (Fsp3) is 0.222. The third-order valence-electron chi connectivity index (χ3n) is 5.70. The van der Waals surface area contributed by atoms with E-state index in [-0.39, 0.29) is 17.8 Å². The van der Waals surface area contributed by atoms with Crippen molar-refractivity contribution in [3.05, 3.63) is 90.2 Å². The number of benzene rings is 3. The maximum absolute atomic E-state index is 14.6. The predicted octanol–water partition coefficient (Wildman–Crippen LogP) is 6.29. The summed E-state index contributed by atoms with van der Waals surface area (Å²) in [5.41, 5.74) is 1.85. The van der Waals surface area contributed by atoms with Gasteiger partial charge in [0.25, 0.3) is 0 Å². The SMILES string of the molecule is CCOc1ccccc1NC(=O)C(Sc1nnc(-c2ccccc2F)n1C1CC1)c1ccccc1. The Morgan fingerprint density at radius 1 is 1.06 bits per heavy atom. The Morgan fingerprint density at radius 3 is 2.51 bits per heavy atom. The van der Waals surface area contributed by atoms with Crippen LogP contribution in [0, 0.1) is 5.82 Å². The van der Waals surface area contributed by atoms with Crippen molar-refractivity contribution in [3.63, 3.8) is 0 Å². The average molecular weight is 489 g/mol. The van der Waals surface area contributed by atoms with Crippen molar-refractivity contribution >= 4 is 23.4 Å². The van der Waals surface area contributed by atoms with Crippen LogP contribution >= 0.6 is 11.8 Å². The molecule has 0 radical (unpaired) electrons. The molecule has 1 aliphatic carbocycles. The van der Waals surface area contributed by atoms with Gasteiger partial charge in [0.1, 0.15) is 16.8 Å². The van der Waals surface area contributed by atoms with Gasteiger partial charge in [-0.05, 0) is 49.6 Å². The molecule has 3 aromatic carbocycles. The summed E-state index contributed by atoms with van der Waals surface area (Å²) < 4.78 is 22.2. The smallest absolute Gasteiger partial charge is 0.242 e. The number of hydrogen-bond acceptors (Lipinski definition) is 5. The fourth-order valence-electron chi connectivity index (χ4n) is 3.90. The molecule has 1 aliphatic rings. The number of anilines is 1. The minimum Gasteiger partial charge on any atom is -0.492 e. The van der Waals surface area contributed by atoms with Crippen molar-refractivity contribution in [2.45, 2.75) is 36.2 Å². The van der Waals surface area contributed by atoms with Crippen LogP contribution in [-0.4, -0.2) is 27.3 Å². The van der Waals surface area contributed by atoms with Crippen molar-refractivity contribution in [2.24, 2.45) is 0 Å². The monoisotopic (exact) mass is 488 g/mol. The standard InChI is InChI=1S/C27H25FN4O2S/c1-2-34-23-15-9-8-14-22(23)29-26(33)24(18-10-4-3-5-11-18)35-27-31-30-25(32(27)19-16-17-19)20-12-6-7-13-21(20)28/h3-15,19,24H,2,16-17H2,1H3,(H,29,33). The maximum Gasteiger partial charge on any atom is 0.242 e. The van der Waals surface area contributed by atoms with E-state index in [1.165, 1.54) is 17.8 Å². The summed E-state index contributed by atoms with van der Waals surface area (Å²) in [6.07, 6.45) is 1.94. The highest BCUT2D eigenvalue weighted by Crippen LogP contribution is 2.44. The van der Waals surface area contributed by atoms with E-state index in [1.807, 2.05) is 66.1 Å². The molecule has 0 saturated heterocycles. The van der Waals surface area contributed by atoms with E-state index < -0.39 is 5.25 Å². The number of aromatic nitrogens is 3. The second kappa shape index (κ2) is 10.3. The van der Waals surface area contributed by atoms with Crippen LogP contribution in [0.4, 0.5) is 10.1 Å². The Morgan fingerprint density at radius 2 is 1.77 bits per heavy atom. The van der Waals surface area contributed by atoms with E-state index in [0.29, 0.717) is 34.6 Å². The number of nitrogens with zero attached hydrogens (tertiary/aromatic N) is 3. The molecule has 0 aliphatic heterocycles. The number of thioether (sulfide) groups is 1. The Balaban J connectivity index is 1.49. The number of hydrogen-bond donors (Lipinski definition) is 1. The van der Waals surface area contributed by atoms with Crippen molar-refractivity contribution in [3.8, 4) is 17.1 Å². The molecule has 1 unspecified atom stereocenters. The molecule has 178 valence electrons. The van der Waals surface area contributed by atoms with E-state index in [1.54, 1.807) is 18.2 Å². The van der Waals surface area contributed by atoms with Crippen LogP contribution in [0.5, 0.6) is 5.75 Å². The molecule has 8 heteroatoms. The highest BCUT2D eigenvalue weighted by Gasteiger charge is 2.33. The van der Waals surface area contributed by atoms with E-state index in [0.717, 1.165) is 18.4 Å². The van der Waals surface area contributed by atoms with Crippen molar-refractivity contribution in [1.29, 1.82) is 0 Å². The molecular weight excluding hydrogens is 463 g/mol. The number of para-hydroxylation sites is 2. The molecule has 4 aromatic rings. The van der Waals surface area contributed by atoms with Gasteiger partial charge in [0.05, 0.1) is 17.9 Å². The van der Waals surface area contributed by atoms with Crippen LogP contribution in [0.2, 0.25) is 0 Å². The molecule has 1 atom stereocenters. The van der Waals surface area contributed by atoms with Crippen molar-refractivity contribution < 1.29 is 13.9 Å². The van der Waals surface area contributed by atoms with Crippen LogP contribution in [-0.2, 0) is 4.79 Å². The lowest BCUT2D eigenvalue weighted by Crippen LogP contribution is -2.20. The average Bonchev–Trinajstić information content (AvgIpc) is 3.64. The van der Waals surface area contributed by atoms with Gasteiger partial charge in [-0.15, -0.1) is 10.2 Å². The third kappa shape index (κ3) is 5.07. The van der Waals surface area contributed by atoms with Crippen LogP contribution < -0.4 is 10.1 Å². The van der Waals surface area contributed by atoms with Gasteiger partial charge in [-0.3, -0.25) is 9.36 Å². The summed E-state index contributed by atoms with van der Waals surface area (Å²) in [5, 5.41) is 11.8. The first-order valence-electron chi connectivity index (χ1n) is 11.6. The number of amides is 1. The molecule has 5 rings (SSSR count). The summed E-state index contributed by atoms with van der Waals surface area (Å²) in [6, 6.07) is 23.7. The number of halogens is 1. The first-order valence-corrected chi connectivity index (χ1v) is 12.5. The summed E-state index contributed by atoms with van der Waals surface area (Å²) in [7, 11) is 0. The predicted molar refractivity (Wildman–Crippen MR) is 135 cm³/mol. The number of nitrogens with one attached hydrogen (secondary N) is 1. The van der Waals surface area contributed by atoms with E-state index in [2.05, 4.69) is 15.5 Å². The van der Waals surface area contributed by atoms with Gasteiger partial charge in [0, 0.05) is 6.04 Å². The van der Waals surface area contributed by atoms with Crippen molar-refractivity contribution in [1.82, 2.24) is 14.8 Å². The molecule has 1 fully saturated rings. The zero-order valence-corrected chi connectivity index (χ0v) is 20.0. The molecule has 0 bridgehead atoms. The van der Waals surface area contributed by atoms with Gasteiger partial charge >= 0.3 is 0 Å². The lowest BCUT2D eigenvalue weighted by atomic mass is 10.1. The summed E-state index contributed by atoms with van der Waals surface area (Å²) >= 11 is 1.32. The lowest BCUT2D eigenvalue weighted by Gasteiger charge is -2.19. The van der Waals surface area contributed by atoms with Gasteiger partial charge in [-0.2, -0.15) is 0 Å². The van der Waals surface area contributed by atoms with E-state index in [4.69, 9.17) is 4.74 Å². The van der Waals surface area contributed by atoms with Gasteiger partial charge in [0.2, 0.25) is 5.91 Å². The molecular formula is C27H25FN4O2S. The fourth-order valence-corrected chi connectivity index (χ4v) is 5.01. The topological polar surface area (TPSA) is 69.0 Å². The zero-order valence-electron chi connectivity index (χ0n) is 19.2. The first-order chi connectivity index (χ1) is 17.2. The lowest BCUT2D eigenvalue weighted by molar-refractivity contribution is -0.115. The van der Waals surface area contributed by atoms with Crippen molar-refractivity contribution in [2.75, 3.05) is 11.9 Å². The maximum atomic E-state index is 14.6. The minimum atomic E-state index is -0.596. The zero-order chi connectivity index (χ0) is 24.2. The number of rotatable bonds is 9. The highest BCUT2D eigenvalue weighted by atomic mass is 32.2. The highest BCUT2D eigenvalue weighted by molar-refractivity contribution is 8.00. The largest absolute Gasteiger partial charge is 0.492 e. The second-order valence-corrected chi connectivity index (χ2v) is 9.29. The van der Waals surface area contributed by atoms with Gasteiger partial charge < -0.3 is 10.1 Å². The van der Waals surface area contributed by atoms with Gasteiger partial charge in [0.15, 0.2) is 11.0 Å². The second-order valence-electron chi connectivity index (χ2n) is 8.21. The van der Waals surface area contributed by atoms with Gasteiger partial charge in [-0.25, -0.2) is 4.39 Å². The molecule has 1 aromatic heterocycles. The van der Waals surface area contributed by atoms with Gasteiger partial charge in [-0.1, -0.05) is 66.4 Å². The molecule has 1 heterocycles. The van der Waals surface area contributed by atoms with E-state index >= 15 is 0 Å². The molecule has 1 N–H and O–H groups in total. The number of carbonyl (C=O) groups excluding carboxylic acids is 1. The Hall–Kier alpha value is -3.65. The van der Waals surface area contributed by atoms with Crippen LogP contribution in [0.1, 0.15) is 36.6 Å². The number of ether oxygens (including phenoxy) is 1. The summed E-state index contributed by atoms with van der Waals surface area (Å²) in [5.74, 6) is 0.555. The molecule has 1 saturated carbocycles. The third-order valence-corrected chi connectivity index (χ3v) is 6.91. The van der Waals surface area contributed by atoms with Crippen LogP contribution in [0.15, 0.2) is 84.0 Å². The molecule has 1 amide bonds. The van der Waals surface area contributed by atoms with Crippen LogP contribution in [0.25, 0.3) is 11.4 Å². The van der Waals surface area contributed by atoms with Crippen LogP contribution in [0.3, 0.4) is 0 Å². The Kier molecular flexibility index (Phi) is 6.81. The molecule has 0 spiro atoms. The summed E-state index contributed by atoms with van der Waals surface area (Å²) in [4.78, 5) is 13.6. The molecule has 6 nitrogen and oxygen atoms in total. The quantitative estimate of drug-likeness (QED) is 0.281. The Bertz CT molecular complexity index is 1320. The van der Waals surface area contributed by atoms with E-state index in [9.17, 15) is 9.18 Å². The first kappa shape index (κ1) is 23.1. The Labute approximate surface area is 207 Å². The molecule has 35 heavy (non-hydrogen) atoms. The summed E-state index contributed by atoms with van der Waals surface area (Å²) in [6.45, 7) is 2.39.